The van der Waals surface area contributed by atoms with Gasteiger partial charge in [-0.25, -0.2) is 0 Å². The summed E-state index contributed by atoms with van der Waals surface area (Å²) in [6.45, 7) is 1.80. The Morgan fingerprint density at radius 1 is 0.725 bits per heavy atom. The molecule has 1 unspecified atom stereocenters. The van der Waals surface area contributed by atoms with Gasteiger partial charge in [-0.2, -0.15) is 0 Å². The van der Waals surface area contributed by atoms with Crippen LogP contribution in [0.15, 0.2) is 0 Å². The Labute approximate surface area is 246 Å². The summed E-state index contributed by atoms with van der Waals surface area (Å²) in [6, 6.07) is 0. The molecule has 0 saturated heterocycles. The molecule has 240 valence electrons. The van der Waals surface area contributed by atoms with Gasteiger partial charge in [-0.1, -0.05) is 129 Å². The molecule has 0 aliphatic rings. The molecule has 40 heavy (non-hydrogen) atoms. The molecule has 9 heteroatoms. The maximum Gasteiger partial charge on any atom is 0.306 e. The van der Waals surface area contributed by atoms with Gasteiger partial charge in [0.1, 0.15) is 19.3 Å². The van der Waals surface area contributed by atoms with Crippen molar-refractivity contribution in [3.05, 3.63) is 0 Å². The first-order valence-electron chi connectivity index (χ1n) is 16.3. The van der Waals surface area contributed by atoms with Crippen molar-refractivity contribution in [2.24, 2.45) is 0 Å². The fourth-order valence-corrected chi connectivity index (χ4v) is 5.26. The molecule has 0 aliphatic carbocycles. The number of phosphoric ester groups is 1. The van der Waals surface area contributed by atoms with E-state index in [1.807, 2.05) is 21.1 Å². The molecule has 0 saturated carbocycles. The van der Waals surface area contributed by atoms with Crippen LogP contribution in [0.1, 0.15) is 142 Å². The van der Waals surface area contributed by atoms with Crippen molar-refractivity contribution in [2.75, 3.05) is 47.5 Å². The Balaban J connectivity index is 3.55. The Morgan fingerprint density at radius 3 is 1.50 bits per heavy atom. The Kier molecular flexibility index (Phi) is 25.8. The zero-order chi connectivity index (χ0) is 30.0. The molecule has 0 amide bonds. The molecule has 0 bridgehead atoms. The van der Waals surface area contributed by atoms with Crippen LogP contribution in [0.3, 0.4) is 0 Å². The minimum atomic E-state index is -4.51. The van der Waals surface area contributed by atoms with E-state index in [1.54, 1.807) is 0 Å². The van der Waals surface area contributed by atoms with Crippen LogP contribution >= 0.6 is 7.82 Å². The highest BCUT2D eigenvalue weighted by atomic mass is 31.2. The summed E-state index contributed by atoms with van der Waals surface area (Å²) < 4.78 is 27.2. The van der Waals surface area contributed by atoms with Crippen molar-refractivity contribution in [1.29, 1.82) is 0 Å². The highest BCUT2D eigenvalue weighted by Crippen LogP contribution is 2.38. The van der Waals surface area contributed by atoms with Crippen molar-refractivity contribution in [3.63, 3.8) is 0 Å². The van der Waals surface area contributed by atoms with E-state index in [0.717, 1.165) is 19.3 Å². The van der Waals surface area contributed by atoms with E-state index in [4.69, 9.17) is 13.8 Å². The third-order valence-electron chi connectivity index (χ3n) is 7.17. The predicted octanol–water partition coefficient (Wildman–Crippen LogP) is 7.31. The third-order valence-corrected chi connectivity index (χ3v) is 8.13. The van der Waals surface area contributed by atoms with Crippen LogP contribution in [0, 0.1) is 0 Å². The normalized spacial score (nSPS) is 14.2. The fourth-order valence-electron chi connectivity index (χ4n) is 4.53. The van der Waals surface area contributed by atoms with E-state index in [0.29, 0.717) is 11.0 Å². The van der Waals surface area contributed by atoms with E-state index >= 15 is 0 Å². The number of aliphatic hydroxyl groups is 1. The molecule has 8 nitrogen and oxygen atoms in total. The summed E-state index contributed by atoms with van der Waals surface area (Å²) in [6.07, 6.45) is 25.3. The first kappa shape index (κ1) is 39.5. The first-order valence-corrected chi connectivity index (χ1v) is 17.8. The quantitative estimate of drug-likeness (QED) is 0.0403. The number of carbonyl (C=O) groups is 1. The standard InChI is InChI=1S/C31H64NO7P/c1-5-6-7-8-9-10-11-12-13-14-15-16-17-18-19-20-21-22-23-24-25-31(34)39-30(28-33)29-38-40(35,36)37-27-26-32(2,3)4/h30,33H,5-29H2,1-4H3/t30-/m0/s1. The minimum absolute atomic E-state index is 0.00665. The Bertz CT molecular complexity index is 627. The van der Waals surface area contributed by atoms with Gasteiger partial charge in [0.05, 0.1) is 34.4 Å². The number of unbranched alkanes of at least 4 members (excludes halogenated alkanes) is 19. The van der Waals surface area contributed by atoms with Gasteiger partial charge in [0, 0.05) is 6.42 Å². The average Bonchev–Trinajstić information content (AvgIpc) is 2.89. The number of esters is 1. The maximum atomic E-state index is 12.0. The molecule has 0 spiro atoms. The lowest BCUT2D eigenvalue weighted by Gasteiger charge is -2.28. The zero-order valence-electron chi connectivity index (χ0n) is 26.5. The van der Waals surface area contributed by atoms with E-state index in [-0.39, 0.29) is 13.0 Å². The van der Waals surface area contributed by atoms with Crippen LogP contribution in [0.4, 0.5) is 0 Å². The van der Waals surface area contributed by atoms with Gasteiger partial charge in [-0.15, -0.1) is 0 Å². The molecule has 1 N–H and O–H groups in total. The molecule has 0 aromatic heterocycles. The minimum Gasteiger partial charge on any atom is -0.756 e. The number of hydrogen-bond donors (Lipinski definition) is 1. The number of aliphatic hydroxyl groups excluding tert-OH is 1. The summed E-state index contributed by atoms with van der Waals surface area (Å²) in [4.78, 5) is 23.9. The zero-order valence-corrected chi connectivity index (χ0v) is 27.4. The van der Waals surface area contributed by atoms with E-state index in [1.165, 1.54) is 109 Å². The fraction of sp³-hybridized carbons (Fsp3) is 0.968. The third kappa shape index (κ3) is 29.0. The molecule has 0 fully saturated rings. The van der Waals surface area contributed by atoms with Gasteiger partial charge in [-0.3, -0.25) is 9.36 Å². The Morgan fingerprint density at radius 2 is 1.12 bits per heavy atom. The number of ether oxygens (including phenoxy) is 1. The van der Waals surface area contributed by atoms with Crippen LogP contribution < -0.4 is 4.89 Å². The largest absolute Gasteiger partial charge is 0.756 e. The van der Waals surface area contributed by atoms with Gasteiger partial charge in [0.25, 0.3) is 7.82 Å². The summed E-state index contributed by atoms with van der Waals surface area (Å²) >= 11 is 0. The first-order chi connectivity index (χ1) is 19.1. The van der Waals surface area contributed by atoms with Crippen LogP contribution in [0.25, 0.3) is 0 Å². The van der Waals surface area contributed by atoms with Gasteiger partial charge in [0.2, 0.25) is 0 Å². The van der Waals surface area contributed by atoms with Crippen molar-refractivity contribution in [1.82, 2.24) is 0 Å². The number of hydrogen-bond acceptors (Lipinski definition) is 7. The van der Waals surface area contributed by atoms with Gasteiger partial charge in [0.15, 0.2) is 0 Å². The van der Waals surface area contributed by atoms with Crippen molar-refractivity contribution >= 4 is 13.8 Å². The molecular weight excluding hydrogens is 529 g/mol. The van der Waals surface area contributed by atoms with Crippen LogP contribution in [-0.4, -0.2) is 69.2 Å². The lowest BCUT2D eigenvalue weighted by molar-refractivity contribution is -0.870. The van der Waals surface area contributed by atoms with Gasteiger partial charge >= 0.3 is 5.97 Å². The lowest BCUT2D eigenvalue weighted by atomic mass is 10.0. The molecule has 0 radical (unpaired) electrons. The maximum absolute atomic E-state index is 12.0. The Hall–Kier alpha value is -0.500. The van der Waals surface area contributed by atoms with Crippen molar-refractivity contribution < 1.29 is 37.6 Å². The number of rotatable bonds is 30. The number of likely N-dealkylation sites (N-methyl/N-ethyl adjacent to an activating group) is 1. The molecule has 2 atom stereocenters. The van der Waals surface area contributed by atoms with E-state index in [9.17, 15) is 19.4 Å². The van der Waals surface area contributed by atoms with Crippen LogP contribution in [-0.2, 0) is 23.1 Å². The molecule has 0 rings (SSSR count). The molecule has 0 aromatic carbocycles. The predicted molar refractivity (Wildman–Crippen MR) is 162 cm³/mol. The topological polar surface area (TPSA) is 105 Å². The number of nitrogens with zero attached hydrogens (tertiary/aromatic N) is 1. The molecule has 0 aromatic rings. The van der Waals surface area contributed by atoms with Crippen LogP contribution in [0.5, 0.6) is 0 Å². The number of phosphoric acid groups is 1. The number of quaternary nitrogens is 1. The summed E-state index contributed by atoms with van der Waals surface area (Å²) in [5.41, 5.74) is 0. The van der Waals surface area contributed by atoms with E-state index in [2.05, 4.69) is 6.92 Å². The molecular formula is C31H64NO7P. The van der Waals surface area contributed by atoms with Gasteiger partial charge in [-0.05, 0) is 6.42 Å². The lowest BCUT2D eigenvalue weighted by Crippen LogP contribution is -2.37. The molecule has 0 heterocycles. The summed E-state index contributed by atoms with van der Waals surface area (Å²) in [5, 5.41) is 9.40. The van der Waals surface area contributed by atoms with Gasteiger partial charge < -0.3 is 28.3 Å². The summed E-state index contributed by atoms with van der Waals surface area (Å²) in [5.74, 6) is -0.447. The van der Waals surface area contributed by atoms with Crippen molar-refractivity contribution in [3.8, 4) is 0 Å². The number of carbonyl (C=O) groups excluding carboxylic acids is 1. The molecule has 0 aliphatic heterocycles. The van der Waals surface area contributed by atoms with E-state index < -0.39 is 33.1 Å². The smallest absolute Gasteiger partial charge is 0.306 e. The second kappa shape index (κ2) is 26.2. The highest BCUT2D eigenvalue weighted by molar-refractivity contribution is 7.45. The average molecular weight is 594 g/mol. The second-order valence-electron chi connectivity index (χ2n) is 12.4. The van der Waals surface area contributed by atoms with Crippen LogP contribution in [0.2, 0.25) is 0 Å². The monoisotopic (exact) mass is 593 g/mol. The summed E-state index contributed by atoms with van der Waals surface area (Å²) in [7, 11) is 1.25. The van der Waals surface area contributed by atoms with Crippen molar-refractivity contribution in [2.45, 2.75) is 148 Å². The SMILES string of the molecule is CCCCCCCCCCCCCCCCCCCCCCC(=O)O[C@@H](CO)COP(=O)([O-])OCC[N+](C)(C)C. The highest BCUT2D eigenvalue weighted by Gasteiger charge is 2.19. The second-order valence-corrected chi connectivity index (χ2v) is 13.8.